The Morgan fingerprint density at radius 2 is 2.28 bits per heavy atom. The summed E-state index contributed by atoms with van der Waals surface area (Å²) < 4.78 is 1.77. The first-order chi connectivity index (χ1) is 8.66. The van der Waals surface area contributed by atoms with Crippen LogP contribution in [0, 0.1) is 0 Å². The molecule has 1 amide bonds. The fourth-order valence-corrected chi connectivity index (χ4v) is 1.60. The standard InChI is InChI=1S/C12H14N4O2/c1-16-10(5-7-15-16)4-6-13-12(18)9-2-3-11(17)14-8-9/h2-3,5,7-8H,4,6H2,1H3,(H,13,18)(H,14,17). The van der Waals surface area contributed by atoms with Gasteiger partial charge in [-0.3, -0.25) is 14.3 Å². The molecule has 0 unspecified atom stereocenters. The molecule has 6 nitrogen and oxygen atoms in total. The summed E-state index contributed by atoms with van der Waals surface area (Å²) in [6.45, 7) is 0.525. The largest absolute Gasteiger partial charge is 0.352 e. The lowest BCUT2D eigenvalue weighted by Crippen LogP contribution is -2.26. The van der Waals surface area contributed by atoms with E-state index in [4.69, 9.17) is 0 Å². The third-order valence-electron chi connectivity index (χ3n) is 2.64. The summed E-state index contributed by atoms with van der Waals surface area (Å²) >= 11 is 0. The van der Waals surface area contributed by atoms with Gasteiger partial charge in [0.05, 0.1) is 5.56 Å². The molecule has 0 fully saturated rings. The van der Waals surface area contributed by atoms with E-state index in [-0.39, 0.29) is 11.5 Å². The van der Waals surface area contributed by atoms with Gasteiger partial charge in [0, 0.05) is 44.2 Å². The lowest BCUT2D eigenvalue weighted by atomic mass is 10.2. The first kappa shape index (κ1) is 12.1. The highest BCUT2D eigenvalue weighted by molar-refractivity contribution is 5.93. The van der Waals surface area contributed by atoms with Crippen LogP contribution < -0.4 is 10.9 Å². The molecule has 2 aromatic heterocycles. The Bertz CT molecular complexity index is 580. The van der Waals surface area contributed by atoms with Crippen molar-refractivity contribution >= 4 is 5.91 Å². The van der Waals surface area contributed by atoms with Gasteiger partial charge in [0.2, 0.25) is 5.56 Å². The van der Waals surface area contributed by atoms with Gasteiger partial charge in [-0.25, -0.2) is 0 Å². The van der Waals surface area contributed by atoms with E-state index >= 15 is 0 Å². The number of carbonyl (C=O) groups is 1. The molecule has 18 heavy (non-hydrogen) atoms. The number of H-pyrrole nitrogens is 1. The maximum absolute atomic E-state index is 11.7. The average molecular weight is 246 g/mol. The van der Waals surface area contributed by atoms with E-state index in [1.807, 2.05) is 13.1 Å². The zero-order chi connectivity index (χ0) is 13.0. The molecule has 0 bridgehead atoms. The van der Waals surface area contributed by atoms with Crippen molar-refractivity contribution in [2.45, 2.75) is 6.42 Å². The number of carbonyl (C=O) groups excluding carboxylic acids is 1. The van der Waals surface area contributed by atoms with Crippen LogP contribution in [-0.2, 0) is 13.5 Å². The summed E-state index contributed by atoms with van der Waals surface area (Å²) in [6.07, 6.45) is 3.84. The topological polar surface area (TPSA) is 79.8 Å². The van der Waals surface area contributed by atoms with Crippen molar-refractivity contribution in [2.75, 3.05) is 6.54 Å². The van der Waals surface area contributed by atoms with Crippen molar-refractivity contribution < 1.29 is 4.79 Å². The van der Waals surface area contributed by atoms with Crippen molar-refractivity contribution in [1.29, 1.82) is 0 Å². The van der Waals surface area contributed by atoms with Crippen molar-refractivity contribution in [3.8, 4) is 0 Å². The monoisotopic (exact) mass is 246 g/mol. The molecule has 2 rings (SSSR count). The summed E-state index contributed by atoms with van der Waals surface area (Å²) in [4.78, 5) is 25.0. The molecule has 0 aromatic carbocycles. The van der Waals surface area contributed by atoms with E-state index in [0.29, 0.717) is 18.5 Å². The van der Waals surface area contributed by atoms with Gasteiger partial charge in [0.15, 0.2) is 0 Å². The molecule has 0 saturated carbocycles. The number of amides is 1. The maximum Gasteiger partial charge on any atom is 0.252 e. The normalized spacial score (nSPS) is 10.3. The van der Waals surface area contributed by atoms with Crippen LogP contribution in [0.1, 0.15) is 16.1 Å². The van der Waals surface area contributed by atoms with Gasteiger partial charge in [-0.2, -0.15) is 5.10 Å². The van der Waals surface area contributed by atoms with E-state index in [1.165, 1.54) is 18.3 Å². The molecule has 0 aliphatic heterocycles. The maximum atomic E-state index is 11.7. The lowest BCUT2D eigenvalue weighted by molar-refractivity contribution is 0.0953. The Morgan fingerprint density at radius 3 is 2.89 bits per heavy atom. The number of aromatic nitrogens is 3. The molecule has 0 saturated heterocycles. The van der Waals surface area contributed by atoms with Crippen molar-refractivity contribution in [3.63, 3.8) is 0 Å². The third-order valence-corrected chi connectivity index (χ3v) is 2.64. The van der Waals surface area contributed by atoms with E-state index in [9.17, 15) is 9.59 Å². The Kier molecular flexibility index (Phi) is 3.57. The van der Waals surface area contributed by atoms with Crippen molar-refractivity contribution in [3.05, 3.63) is 52.2 Å². The molecule has 6 heteroatoms. The molecule has 2 N–H and O–H groups in total. The third kappa shape index (κ3) is 2.85. The van der Waals surface area contributed by atoms with Gasteiger partial charge in [0.25, 0.3) is 5.91 Å². The van der Waals surface area contributed by atoms with Gasteiger partial charge >= 0.3 is 0 Å². The molecule has 0 aliphatic carbocycles. The van der Waals surface area contributed by atoms with Crippen LogP contribution >= 0.6 is 0 Å². The first-order valence-corrected chi connectivity index (χ1v) is 5.60. The Labute approximate surface area is 104 Å². The van der Waals surface area contributed by atoms with Gasteiger partial charge in [-0.05, 0) is 12.1 Å². The second-order valence-electron chi connectivity index (χ2n) is 3.89. The first-order valence-electron chi connectivity index (χ1n) is 5.60. The van der Waals surface area contributed by atoms with Crippen LogP contribution in [0.25, 0.3) is 0 Å². The van der Waals surface area contributed by atoms with E-state index < -0.39 is 0 Å². The summed E-state index contributed by atoms with van der Waals surface area (Å²) in [7, 11) is 1.86. The number of pyridine rings is 1. The zero-order valence-electron chi connectivity index (χ0n) is 10.0. The highest BCUT2D eigenvalue weighted by atomic mass is 16.1. The number of aryl methyl sites for hydroxylation is 1. The van der Waals surface area contributed by atoms with Crippen LogP contribution in [-0.4, -0.2) is 27.2 Å². The Hall–Kier alpha value is -2.37. The van der Waals surface area contributed by atoms with Gasteiger partial charge in [-0.1, -0.05) is 0 Å². The minimum atomic E-state index is -0.221. The van der Waals surface area contributed by atoms with E-state index in [2.05, 4.69) is 15.4 Å². The molecule has 0 radical (unpaired) electrons. The van der Waals surface area contributed by atoms with Gasteiger partial charge < -0.3 is 10.3 Å². The predicted molar refractivity (Wildman–Crippen MR) is 66.3 cm³/mol. The summed E-state index contributed by atoms with van der Waals surface area (Å²) in [6, 6.07) is 4.74. The predicted octanol–water partition coefficient (Wildman–Crippen LogP) is 0.0809. The molecular weight excluding hydrogens is 232 g/mol. The lowest BCUT2D eigenvalue weighted by Gasteiger charge is -2.05. The fraction of sp³-hybridized carbons (Fsp3) is 0.250. The highest BCUT2D eigenvalue weighted by Gasteiger charge is 2.05. The minimum absolute atomic E-state index is 0.201. The minimum Gasteiger partial charge on any atom is -0.352 e. The van der Waals surface area contributed by atoms with Crippen LogP contribution in [0.5, 0.6) is 0 Å². The highest BCUT2D eigenvalue weighted by Crippen LogP contribution is 1.97. The van der Waals surface area contributed by atoms with Crippen LogP contribution in [0.2, 0.25) is 0 Å². The van der Waals surface area contributed by atoms with Crippen LogP contribution in [0.4, 0.5) is 0 Å². The smallest absolute Gasteiger partial charge is 0.252 e. The van der Waals surface area contributed by atoms with Gasteiger partial charge in [0.1, 0.15) is 0 Å². The molecule has 94 valence electrons. The number of rotatable bonds is 4. The Morgan fingerprint density at radius 1 is 1.44 bits per heavy atom. The Balaban J connectivity index is 1.87. The molecular formula is C12H14N4O2. The second kappa shape index (κ2) is 5.31. The number of nitrogens with one attached hydrogen (secondary N) is 2. The van der Waals surface area contributed by atoms with Crippen molar-refractivity contribution in [1.82, 2.24) is 20.1 Å². The summed E-state index contributed by atoms with van der Waals surface area (Å²) in [5.41, 5.74) is 1.28. The number of hydrogen-bond acceptors (Lipinski definition) is 3. The molecule has 0 spiro atoms. The van der Waals surface area contributed by atoms with Crippen LogP contribution in [0.3, 0.4) is 0 Å². The van der Waals surface area contributed by atoms with E-state index in [1.54, 1.807) is 10.9 Å². The molecule has 2 heterocycles. The van der Waals surface area contributed by atoms with E-state index in [0.717, 1.165) is 5.69 Å². The van der Waals surface area contributed by atoms with Gasteiger partial charge in [-0.15, -0.1) is 0 Å². The average Bonchev–Trinajstić information content (AvgIpc) is 2.76. The molecule has 2 aromatic rings. The number of aromatic amines is 1. The SMILES string of the molecule is Cn1nccc1CCNC(=O)c1ccc(=O)[nH]c1. The van der Waals surface area contributed by atoms with Crippen molar-refractivity contribution in [2.24, 2.45) is 7.05 Å². The molecule has 0 atom stereocenters. The number of hydrogen-bond donors (Lipinski definition) is 2. The quantitative estimate of drug-likeness (QED) is 0.801. The summed E-state index contributed by atoms with van der Waals surface area (Å²) in [5.74, 6) is -0.201. The fourth-order valence-electron chi connectivity index (χ4n) is 1.60. The summed E-state index contributed by atoms with van der Waals surface area (Å²) in [5, 5.41) is 6.83. The number of nitrogens with zero attached hydrogens (tertiary/aromatic N) is 2. The zero-order valence-corrected chi connectivity index (χ0v) is 10.0. The second-order valence-corrected chi connectivity index (χ2v) is 3.89. The van der Waals surface area contributed by atoms with Crippen LogP contribution in [0.15, 0.2) is 35.4 Å². The molecule has 0 aliphatic rings.